The van der Waals surface area contributed by atoms with E-state index >= 15 is 0 Å². The van der Waals surface area contributed by atoms with Crippen LogP contribution >= 0.6 is 23.2 Å². The van der Waals surface area contributed by atoms with E-state index in [-0.39, 0.29) is 16.0 Å². The lowest BCUT2D eigenvalue weighted by atomic mass is 9.77. The van der Waals surface area contributed by atoms with Gasteiger partial charge in [0.05, 0.1) is 11.1 Å². The van der Waals surface area contributed by atoms with E-state index in [0.29, 0.717) is 36.0 Å². The van der Waals surface area contributed by atoms with Crippen LogP contribution in [0.1, 0.15) is 12.8 Å². The Labute approximate surface area is 159 Å². The molecule has 0 amide bonds. The van der Waals surface area contributed by atoms with Gasteiger partial charge in [-0.15, -0.1) is 0 Å². The maximum atomic E-state index is 13.0. The molecule has 2 fully saturated rings. The van der Waals surface area contributed by atoms with Crippen LogP contribution in [0.5, 0.6) is 0 Å². The van der Waals surface area contributed by atoms with Gasteiger partial charge in [-0.1, -0.05) is 23.2 Å². The molecule has 0 bridgehead atoms. The molecule has 140 valence electrons. The maximum Gasteiger partial charge on any atom is 0.244 e. The minimum absolute atomic E-state index is 0.129. The van der Waals surface area contributed by atoms with Gasteiger partial charge >= 0.3 is 0 Å². The fourth-order valence-electron chi connectivity index (χ4n) is 4.16. The smallest absolute Gasteiger partial charge is 0.244 e. The molecule has 0 radical (unpaired) electrons. The SMILES string of the molecule is CO[C@@H]1C[C@H]2CN(S(=O)(=O)c3ccc(Cl)cc3Cl)C[C@H]2C[C@H]1N(C)C. The number of rotatable bonds is 4. The number of benzene rings is 1. The van der Waals surface area contributed by atoms with Gasteiger partial charge in [0, 0.05) is 31.3 Å². The second kappa shape index (κ2) is 7.33. The van der Waals surface area contributed by atoms with Gasteiger partial charge < -0.3 is 9.64 Å². The first kappa shape index (κ1) is 19.4. The maximum absolute atomic E-state index is 13.0. The third-order valence-electron chi connectivity index (χ3n) is 5.53. The molecule has 1 aliphatic heterocycles. The minimum atomic E-state index is -3.62. The van der Waals surface area contributed by atoms with Gasteiger partial charge in [0.2, 0.25) is 10.0 Å². The number of fused-ring (bicyclic) bond motifs is 1. The van der Waals surface area contributed by atoms with E-state index in [1.54, 1.807) is 17.5 Å². The Bertz CT molecular complexity index is 741. The molecule has 1 heterocycles. The molecule has 1 aromatic carbocycles. The molecule has 5 nitrogen and oxygen atoms in total. The molecule has 0 spiro atoms. The molecule has 8 heteroatoms. The molecule has 1 saturated heterocycles. The van der Waals surface area contributed by atoms with Gasteiger partial charge in [0.1, 0.15) is 4.90 Å². The van der Waals surface area contributed by atoms with E-state index < -0.39 is 10.0 Å². The highest BCUT2D eigenvalue weighted by atomic mass is 35.5. The summed E-state index contributed by atoms with van der Waals surface area (Å²) in [4.78, 5) is 2.31. The molecule has 25 heavy (non-hydrogen) atoms. The number of nitrogens with zero attached hydrogens (tertiary/aromatic N) is 2. The van der Waals surface area contributed by atoms with Gasteiger partial charge in [0.15, 0.2) is 0 Å². The van der Waals surface area contributed by atoms with Crippen molar-refractivity contribution >= 4 is 33.2 Å². The Morgan fingerprint density at radius 1 is 1.16 bits per heavy atom. The van der Waals surface area contributed by atoms with Gasteiger partial charge in [0.25, 0.3) is 0 Å². The van der Waals surface area contributed by atoms with Crippen LogP contribution < -0.4 is 0 Å². The predicted octanol–water partition coefficient (Wildman–Crippen LogP) is 2.97. The standard InChI is InChI=1S/C17H24Cl2N2O3S/c1-20(2)15-6-11-9-21(10-12(11)7-16(15)24-3)25(22,23)17-5-4-13(18)8-14(17)19/h4-5,8,11-12,15-16H,6-7,9-10H2,1-3H3/t11-,12+,15-,16-/m1/s1. The van der Waals surface area contributed by atoms with Gasteiger partial charge in [-0.3, -0.25) is 0 Å². The summed E-state index contributed by atoms with van der Waals surface area (Å²) in [7, 11) is 2.22. The number of sulfonamides is 1. The normalized spacial score (nSPS) is 30.6. The van der Waals surface area contributed by atoms with Crippen molar-refractivity contribution in [2.75, 3.05) is 34.3 Å². The third-order valence-corrected chi connectivity index (χ3v) is 8.08. The largest absolute Gasteiger partial charge is 0.380 e. The quantitative estimate of drug-likeness (QED) is 0.770. The third kappa shape index (κ3) is 3.70. The van der Waals surface area contributed by atoms with Crippen LogP contribution in [0.4, 0.5) is 0 Å². The molecule has 0 N–H and O–H groups in total. The van der Waals surface area contributed by atoms with Gasteiger partial charge in [-0.2, -0.15) is 4.31 Å². The molecule has 0 unspecified atom stereocenters. The lowest BCUT2D eigenvalue weighted by Crippen LogP contribution is -2.47. The van der Waals surface area contributed by atoms with Crippen molar-refractivity contribution in [3.8, 4) is 0 Å². The Morgan fingerprint density at radius 3 is 2.36 bits per heavy atom. The average Bonchev–Trinajstić information content (AvgIpc) is 2.96. The van der Waals surface area contributed by atoms with Crippen molar-refractivity contribution in [1.82, 2.24) is 9.21 Å². The van der Waals surface area contributed by atoms with E-state index in [2.05, 4.69) is 4.90 Å². The molecular weight excluding hydrogens is 383 g/mol. The van der Waals surface area contributed by atoms with Crippen LogP contribution in [0, 0.1) is 11.8 Å². The highest BCUT2D eigenvalue weighted by molar-refractivity contribution is 7.89. The van der Waals surface area contributed by atoms with Crippen molar-refractivity contribution in [2.24, 2.45) is 11.8 Å². The van der Waals surface area contributed by atoms with Crippen LogP contribution in [0.3, 0.4) is 0 Å². The van der Waals surface area contributed by atoms with Crippen LogP contribution in [0.2, 0.25) is 10.0 Å². The first-order valence-electron chi connectivity index (χ1n) is 8.38. The second-order valence-corrected chi connectivity index (χ2v) is 9.94. The fourth-order valence-corrected chi connectivity index (χ4v) is 6.46. The van der Waals surface area contributed by atoms with Gasteiger partial charge in [-0.05, 0) is 57.0 Å². The van der Waals surface area contributed by atoms with Crippen molar-refractivity contribution < 1.29 is 13.2 Å². The van der Waals surface area contributed by atoms with E-state index in [4.69, 9.17) is 27.9 Å². The fraction of sp³-hybridized carbons (Fsp3) is 0.647. The molecular formula is C17H24Cl2N2O3S. The Morgan fingerprint density at radius 2 is 1.80 bits per heavy atom. The summed E-state index contributed by atoms with van der Waals surface area (Å²) in [6.45, 7) is 1.05. The van der Waals surface area contributed by atoms with E-state index in [1.165, 1.54) is 12.1 Å². The van der Waals surface area contributed by atoms with Crippen molar-refractivity contribution in [3.05, 3.63) is 28.2 Å². The average molecular weight is 407 g/mol. The molecule has 1 aromatic rings. The second-order valence-electron chi connectivity index (χ2n) is 7.19. The molecule has 2 aliphatic rings. The van der Waals surface area contributed by atoms with Gasteiger partial charge in [-0.25, -0.2) is 8.42 Å². The number of ether oxygens (including phenoxy) is 1. The first-order chi connectivity index (χ1) is 11.7. The highest BCUT2D eigenvalue weighted by Crippen LogP contribution is 2.41. The number of likely N-dealkylation sites (N-methyl/N-ethyl adjacent to an activating group) is 1. The van der Waals surface area contributed by atoms with E-state index in [0.717, 1.165) is 12.8 Å². The molecule has 1 saturated carbocycles. The summed E-state index contributed by atoms with van der Waals surface area (Å²) in [6.07, 6.45) is 1.96. The van der Waals surface area contributed by atoms with Crippen LogP contribution in [-0.2, 0) is 14.8 Å². The summed E-state index contributed by atoms with van der Waals surface area (Å²) in [5.41, 5.74) is 0. The monoisotopic (exact) mass is 406 g/mol. The summed E-state index contributed by atoms with van der Waals surface area (Å²) in [5.74, 6) is 0.668. The Hall–Kier alpha value is -0.370. The van der Waals surface area contributed by atoms with E-state index in [1.807, 2.05) is 14.1 Å². The summed E-state index contributed by atoms with van der Waals surface area (Å²) in [6, 6.07) is 4.84. The molecule has 0 aromatic heterocycles. The number of halogens is 2. The topological polar surface area (TPSA) is 49.9 Å². The van der Waals surface area contributed by atoms with E-state index in [9.17, 15) is 8.42 Å². The zero-order chi connectivity index (χ0) is 18.4. The summed E-state index contributed by atoms with van der Waals surface area (Å²) >= 11 is 12.0. The number of hydrogen-bond donors (Lipinski definition) is 0. The Kier molecular flexibility index (Phi) is 5.69. The van der Waals surface area contributed by atoms with Crippen LogP contribution in [-0.4, -0.2) is 64.1 Å². The lowest BCUT2D eigenvalue weighted by Gasteiger charge is -2.40. The van der Waals surface area contributed by atoms with Crippen molar-refractivity contribution in [1.29, 1.82) is 0 Å². The van der Waals surface area contributed by atoms with Crippen molar-refractivity contribution in [2.45, 2.75) is 29.9 Å². The zero-order valence-corrected chi connectivity index (χ0v) is 17.0. The Balaban J connectivity index is 1.82. The lowest BCUT2D eigenvalue weighted by molar-refractivity contribution is -0.0209. The van der Waals surface area contributed by atoms with Crippen LogP contribution in [0.15, 0.2) is 23.1 Å². The molecule has 4 atom stereocenters. The zero-order valence-electron chi connectivity index (χ0n) is 14.7. The first-order valence-corrected chi connectivity index (χ1v) is 10.6. The summed E-state index contributed by atoms with van der Waals surface area (Å²) < 4.78 is 33.3. The van der Waals surface area contributed by atoms with Crippen molar-refractivity contribution in [3.63, 3.8) is 0 Å². The summed E-state index contributed by atoms with van der Waals surface area (Å²) in [5, 5.41) is 0.596. The number of hydrogen-bond acceptors (Lipinski definition) is 4. The van der Waals surface area contributed by atoms with Crippen LogP contribution in [0.25, 0.3) is 0 Å². The highest BCUT2D eigenvalue weighted by Gasteiger charge is 2.46. The number of methoxy groups -OCH3 is 1. The predicted molar refractivity (Wildman–Crippen MR) is 99.7 cm³/mol. The molecule has 3 rings (SSSR count). The minimum Gasteiger partial charge on any atom is -0.380 e. The molecule has 1 aliphatic carbocycles.